The number of hydrogen-bond donors (Lipinski definition) is 4. The minimum Gasteiger partial charge on any atom is -0.456 e. The van der Waals surface area contributed by atoms with Crippen LogP contribution in [0.25, 0.3) is 32.5 Å². The predicted octanol–water partition coefficient (Wildman–Crippen LogP) is 3.30. The van der Waals surface area contributed by atoms with Crippen molar-refractivity contribution >= 4 is 49.9 Å². The maximum atomic E-state index is 11.9. The monoisotopic (exact) mass is 433 g/mol. The van der Waals surface area contributed by atoms with E-state index in [1.54, 1.807) is 0 Å². The fourth-order valence-corrected chi connectivity index (χ4v) is 4.89. The Labute approximate surface area is 181 Å². The van der Waals surface area contributed by atoms with Gasteiger partial charge in [-0.15, -0.1) is 11.3 Å². The van der Waals surface area contributed by atoms with E-state index in [1.807, 2.05) is 30.3 Å². The molecular weight excluding hydrogens is 414 g/mol. The fourth-order valence-electron chi connectivity index (χ4n) is 3.94. The Kier molecular flexibility index (Phi) is 4.54. The summed E-state index contributed by atoms with van der Waals surface area (Å²) in [6.07, 6.45) is 0.932. The van der Waals surface area contributed by atoms with E-state index in [0.29, 0.717) is 45.4 Å². The second-order valence-corrected chi connectivity index (χ2v) is 8.68. The highest BCUT2D eigenvalue weighted by Crippen LogP contribution is 2.45. The van der Waals surface area contributed by atoms with Crippen LogP contribution in [-0.2, 0) is 0 Å². The number of nitrogens with two attached hydrogens (primary N) is 2. The lowest BCUT2D eigenvalue weighted by Gasteiger charge is -2.11. The number of nitriles is 1. The van der Waals surface area contributed by atoms with Gasteiger partial charge in [-0.3, -0.25) is 4.79 Å². The van der Waals surface area contributed by atoms with Gasteiger partial charge in [0.15, 0.2) is 0 Å². The molecule has 0 radical (unpaired) electrons. The number of hydrogen-bond acceptors (Lipinski definition) is 8. The van der Waals surface area contributed by atoms with Crippen LogP contribution in [0.3, 0.4) is 0 Å². The first-order valence-electron chi connectivity index (χ1n) is 9.81. The van der Waals surface area contributed by atoms with E-state index in [0.717, 1.165) is 23.1 Å². The number of thiophene rings is 1. The van der Waals surface area contributed by atoms with Gasteiger partial charge in [-0.25, -0.2) is 4.98 Å². The highest BCUT2D eigenvalue weighted by Gasteiger charge is 2.36. The number of benzene rings is 1. The molecule has 2 unspecified atom stereocenters. The van der Waals surface area contributed by atoms with Crippen molar-refractivity contribution in [2.24, 2.45) is 17.6 Å². The molecule has 5 rings (SSSR count). The maximum absolute atomic E-state index is 11.9. The first-order valence-corrected chi connectivity index (χ1v) is 10.6. The summed E-state index contributed by atoms with van der Waals surface area (Å²) in [7, 11) is 0. The number of primary amides is 1. The normalized spacial score (nSPS) is 17.7. The van der Waals surface area contributed by atoms with Gasteiger partial charge in [0.2, 0.25) is 0 Å². The van der Waals surface area contributed by atoms with Gasteiger partial charge in [-0.05, 0) is 30.4 Å². The highest BCUT2D eigenvalue weighted by atomic mass is 32.1. The number of aromatic nitrogens is 1. The number of furan rings is 1. The van der Waals surface area contributed by atoms with Crippen LogP contribution in [0.5, 0.6) is 0 Å². The molecular formula is C22H19N5O3S. The standard InChI is InChI=1S/C22H19N5O3S/c23-7-13-16(15-6-10-3-1-2-4-14(10)30-15)17-18(24)19(20(25)29)31-22(17)27-21(13)26-8-11-5-12(11)9-28/h1-4,6,11-12,28H,5,8-9,24H2,(H2,25,29)(H,26,27). The number of carbonyl (C=O) groups is 1. The van der Waals surface area contributed by atoms with Crippen molar-refractivity contribution in [2.45, 2.75) is 6.42 Å². The number of amides is 1. The molecule has 6 N–H and O–H groups in total. The Morgan fingerprint density at radius 3 is 2.87 bits per heavy atom. The average Bonchev–Trinajstić information content (AvgIpc) is 3.26. The van der Waals surface area contributed by atoms with Gasteiger partial charge in [-0.1, -0.05) is 18.2 Å². The summed E-state index contributed by atoms with van der Waals surface area (Å²) in [4.78, 5) is 17.2. The lowest BCUT2D eigenvalue weighted by molar-refractivity contribution is 0.100. The van der Waals surface area contributed by atoms with Crippen LogP contribution in [-0.4, -0.2) is 29.1 Å². The first-order chi connectivity index (χ1) is 15.0. The van der Waals surface area contributed by atoms with E-state index in [4.69, 9.17) is 15.9 Å². The molecule has 1 aliphatic carbocycles. The summed E-state index contributed by atoms with van der Waals surface area (Å²) >= 11 is 1.09. The molecule has 31 heavy (non-hydrogen) atoms. The zero-order chi connectivity index (χ0) is 21.7. The smallest absolute Gasteiger partial charge is 0.260 e. The number of rotatable bonds is 6. The Hall–Kier alpha value is -3.61. The van der Waals surface area contributed by atoms with Gasteiger partial charge < -0.3 is 26.3 Å². The van der Waals surface area contributed by atoms with Crippen LogP contribution in [0.2, 0.25) is 0 Å². The predicted molar refractivity (Wildman–Crippen MR) is 120 cm³/mol. The third-order valence-corrected chi connectivity index (χ3v) is 6.83. The second-order valence-electron chi connectivity index (χ2n) is 7.68. The Morgan fingerprint density at radius 1 is 1.39 bits per heavy atom. The third kappa shape index (κ3) is 3.17. The molecule has 0 aliphatic heterocycles. The molecule has 2 atom stereocenters. The SMILES string of the molecule is N#Cc1c(NCC2CC2CO)nc2sc(C(N)=O)c(N)c2c1-c1cc2ccccc2o1. The third-order valence-electron chi connectivity index (χ3n) is 5.72. The van der Waals surface area contributed by atoms with Crippen molar-refractivity contribution in [1.29, 1.82) is 5.26 Å². The van der Waals surface area contributed by atoms with Crippen LogP contribution < -0.4 is 16.8 Å². The minimum absolute atomic E-state index is 0.150. The van der Waals surface area contributed by atoms with Gasteiger partial charge in [0.1, 0.15) is 38.5 Å². The first kappa shape index (κ1) is 19.4. The number of nitrogen functional groups attached to an aromatic ring is 1. The molecule has 0 spiro atoms. The van der Waals surface area contributed by atoms with E-state index < -0.39 is 5.91 Å². The quantitative estimate of drug-likeness (QED) is 0.364. The molecule has 1 saturated carbocycles. The van der Waals surface area contributed by atoms with Gasteiger partial charge in [0, 0.05) is 23.9 Å². The number of nitrogens with zero attached hydrogens (tertiary/aromatic N) is 2. The molecule has 156 valence electrons. The number of carbonyl (C=O) groups excluding carboxylic acids is 1. The highest BCUT2D eigenvalue weighted by molar-refractivity contribution is 7.21. The summed E-state index contributed by atoms with van der Waals surface area (Å²) in [6, 6.07) is 11.6. The molecule has 1 aliphatic rings. The molecule has 1 fully saturated rings. The van der Waals surface area contributed by atoms with Crippen LogP contribution in [0.15, 0.2) is 34.7 Å². The lowest BCUT2D eigenvalue weighted by Crippen LogP contribution is -2.11. The van der Waals surface area contributed by atoms with E-state index >= 15 is 0 Å². The largest absolute Gasteiger partial charge is 0.456 e. The van der Waals surface area contributed by atoms with E-state index in [2.05, 4.69) is 16.4 Å². The van der Waals surface area contributed by atoms with Crippen LogP contribution >= 0.6 is 11.3 Å². The number of para-hydroxylation sites is 1. The Balaban J connectivity index is 1.73. The maximum Gasteiger partial charge on any atom is 0.260 e. The molecule has 9 heteroatoms. The van der Waals surface area contributed by atoms with Crippen molar-refractivity contribution in [2.75, 3.05) is 24.2 Å². The average molecular weight is 433 g/mol. The topological polar surface area (TPSA) is 151 Å². The van der Waals surface area contributed by atoms with Gasteiger partial charge in [-0.2, -0.15) is 5.26 Å². The molecule has 0 saturated heterocycles. The minimum atomic E-state index is -0.646. The number of aliphatic hydroxyl groups excluding tert-OH is 1. The lowest BCUT2D eigenvalue weighted by atomic mass is 10.0. The van der Waals surface area contributed by atoms with Gasteiger partial charge in [0.05, 0.1) is 11.3 Å². The summed E-state index contributed by atoms with van der Waals surface area (Å²) in [5.74, 6) is 0.821. The molecule has 8 nitrogen and oxygen atoms in total. The zero-order valence-corrected chi connectivity index (χ0v) is 17.2. The van der Waals surface area contributed by atoms with Gasteiger partial charge >= 0.3 is 0 Å². The van der Waals surface area contributed by atoms with Crippen LogP contribution in [0.1, 0.15) is 21.7 Å². The van der Waals surface area contributed by atoms with E-state index in [1.165, 1.54) is 0 Å². The number of aliphatic hydroxyl groups is 1. The van der Waals surface area contributed by atoms with Crippen molar-refractivity contribution in [3.8, 4) is 17.4 Å². The number of fused-ring (bicyclic) bond motifs is 2. The Morgan fingerprint density at radius 2 is 2.19 bits per heavy atom. The van der Waals surface area contributed by atoms with Gasteiger partial charge in [0.25, 0.3) is 5.91 Å². The number of anilines is 2. The van der Waals surface area contributed by atoms with Crippen LogP contribution in [0, 0.1) is 23.2 Å². The Bertz CT molecular complexity index is 1350. The summed E-state index contributed by atoms with van der Waals surface area (Å²) in [5.41, 5.74) is 13.4. The number of nitrogens with one attached hydrogen (secondary N) is 1. The molecule has 4 aromatic rings. The van der Waals surface area contributed by atoms with Crippen molar-refractivity contribution < 1.29 is 14.3 Å². The molecule has 0 bridgehead atoms. The molecule has 3 aromatic heterocycles. The fraction of sp³-hybridized carbons (Fsp3) is 0.227. The number of pyridine rings is 1. The van der Waals surface area contributed by atoms with Crippen molar-refractivity contribution in [3.63, 3.8) is 0 Å². The van der Waals surface area contributed by atoms with Crippen molar-refractivity contribution in [1.82, 2.24) is 4.98 Å². The molecule has 1 amide bonds. The van der Waals surface area contributed by atoms with Crippen molar-refractivity contribution in [3.05, 3.63) is 40.8 Å². The summed E-state index contributed by atoms with van der Waals surface area (Å²) in [5, 5.41) is 24.0. The molecule has 3 heterocycles. The van der Waals surface area contributed by atoms with E-state index in [-0.39, 0.29) is 28.7 Å². The second kappa shape index (κ2) is 7.27. The summed E-state index contributed by atoms with van der Waals surface area (Å²) < 4.78 is 6.05. The zero-order valence-electron chi connectivity index (χ0n) is 16.4. The van der Waals surface area contributed by atoms with E-state index in [9.17, 15) is 15.2 Å². The summed E-state index contributed by atoms with van der Waals surface area (Å²) in [6.45, 7) is 0.735. The van der Waals surface area contributed by atoms with Crippen LogP contribution in [0.4, 0.5) is 11.5 Å². The molecule has 1 aromatic carbocycles.